The lowest BCUT2D eigenvalue weighted by Crippen LogP contribution is -2.24. The van der Waals surface area contributed by atoms with Crippen molar-refractivity contribution in [3.63, 3.8) is 0 Å². The fraction of sp³-hybridized carbons (Fsp3) is 0.417. The van der Waals surface area contributed by atoms with Crippen LogP contribution < -0.4 is 5.73 Å². The minimum atomic E-state index is -0.596. The Bertz CT molecular complexity index is 399. The van der Waals surface area contributed by atoms with Crippen LogP contribution in [-0.2, 0) is 4.74 Å². The zero-order valence-electron chi connectivity index (χ0n) is 9.93. The van der Waals surface area contributed by atoms with Crippen molar-refractivity contribution in [3.05, 3.63) is 29.1 Å². The summed E-state index contributed by atoms with van der Waals surface area (Å²) in [5.41, 5.74) is 5.63. The first-order valence-corrected chi connectivity index (χ1v) is 4.99. The van der Waals surface area contributed by atoms with Crippen LogP contribution in [0, 0.1) is 12.7 Å². The molecule has 0 aromatic heterocycles. The molecule has 0 aliphatic heterocycles. The lowest BCUT2D eigenvalue weighted by molar-refractivity contribution is 0.00690. The highest BCUT2D eigenvalue weighted by molar-refractivity contribution is 5.90. The second-order valence-corrected chi connectivity index (χ2v) is 4.69. The van der Waals surface area contributed by atoms with Gasteiger partial charge < -0.3 is 10.5 Å². The first-order chi connectivity index (χ1) is 7.20. The van der Waals surface area contributed by atoms with Crippen LogP contribution in [0.15, 0.2) is 12.1 Å². The summed E-state index contributed by atoms with van der Waals surface area (Å²) in [6.07, 6.45) is 0. The normalized spacial score (nSPS) is 11.3. The third-order valence-corrected chi connectivity index (χ3v) is 1.97. The number of hydrogen-bond donors (Lipinski definition) is 1. The molecule has 0 amide bonds. The minimum Gasteiger partial charge on any atom is -0.456 e. The van der Waals surface area contributed by atoms with Crippen molar-refractivity contribution in [2.24, 2.45) is 0 Å². The number of nitrogen functional groups attached to an aromatic ring is 1. The molecule has 4 heteroatoms. The van der Waals surface area contributed by atoms with Gasteiger partial charge >= 0.3 is 5.97 Å². The van der Waals surface area contributed by atoms with Crippen LogP contribution in [0.1, 0.15) is 36.7 Å². The number of aryl methyl sites for hydroxylation is 1. The molecule has 0 spiro atoms. The van der Waals surface area contributed by atoms with E-state index in [4.69, 9.17) is 10.5 Å². The van der Waals surface area contributed by atoms with Gasteiger partial charge in [0, 0.05) is 0 Å². The number of nitrogens with two attached hydrogens (primary N) is 1. The summed E-state index contributed by atoms with van der Waals surface area (Å²) in [6, 6.07) is 2.61. The van der Waals surface area contributed by atoms with Crippen LogP contribution in [0.2, 0.25) is 0 Å². The van der Waals surface area contributed by atoms with Crippen LogP contribution >= 0.6 is 0 Å². The highest BCUT2D eigenvalue weighted by Gasteiger charge is 2.19. The van der Waals surface area contributed by atoms with Crippen LogP contribution in [-0.4, -0.2) is 11.6 Å². The molecule has 2 N–H and O–H groups in total. The minimum absolute atomic E-state index is 0.0623. The van der Waals surface area contributed by atoms with Crippen molar-refractivity contribution >= 4 is 11.7 Å². The van der Waals surface area contributed by atoms with E-state index < -0.39 is 17.4 Å². The van der Waals surface area contributed by atoms with Crippen molar-refractivity contribution in [3.8, 4) is 0 Å². The summed E-state index contributed by atoms with van der Waals surface area (Å²) in [6.45, 7) is 6.91. The van der Waals surface area contributed by atoms with Crippen molar-refractivity contribution in [1.82, 2.24) is 0 Å². The third kappa shape index (κ3) is 2.95. The van der Waals surface area contributed by atoms with Gasteiger partial charge in [-0.25, -0.2) is 9.18 Å². The maximum absolute atomic E-state index is 13.3. The fourth-order valence-corrected chi connectivity index (χ4v) is 1.21. The Morgan fingerprint density at radius 3 is 2.38 bits per heavy atom. The molecular formula is C12H16FNO2. The Morgan fingerprint density at radius 2 is 1.94 bits per heavy atom. The molecule has 0 saturated carbocycles. The highest BCUT2D eigenvalue weighted by atomic mass is 19.1. The van der Waals surface area contributed by atoms with E-state index in [9.17, 15) is 9.18 Å². The Labute approximate surface area is 94.4 Å². The first-order valence-electron chi connectivity index (χ1n) is 4.99. The van der Waals surface area contributed by atoms with E-state index in [1.54, 1.807) is 27.7 Å². The summed E-state index contributed by atoms with van der Waals surface area (Å²) in [5.74, 6) is -1.14. The Morgan fingerprint density at radius 1 is 1.38 bits per heavy atom. The van der Waals surface area contributed by atoms with E-state index in [2.05, 4.69) is 0 Å². The van der Waals surface area contributed by atoms with E-state index >= 15 is 0 Å². The molecular weight excluding hydrogens is 209 g/mol. The number of carbonyl (C=O) groups is 1. The van der Waals surface area contributed by atoms with Crippen molar-refractivity contribution < 1.29 is 13.9 Å². The van der Waals surface area contributed by atoms with Crippen LogP contribution in [0.3, 0.4) is 0 Å². The van der Waals surface area contributed by atoms with Crippen LogP contribution in [0.25, 0.3) is 0 Å². The summed E-state index contributed by atoms with van der Waals surface area (Å²) in [5, 5.41) is 0. The molecule has 88 valence electrons. The number of halogens is 1. The predicted molar refractivity (Wildman–Crippen MR) is 60.7 cm³/mol. The molecule has 0 unspecified atom stereocenters. The Balaban J connectivity index is 3.02. The second kappa shape index (κ2) is 4.12. The SMILES string of the molecule is Cc1cc(C(=O)OC(C)(C)C)cc(F)c1N. The summed E-state index contributed by atoms with van der Waals surface area (Å²) in [4.78, 5) is 11.6. The third-order valence-electron chi connectivity index (χ3n) is 1.97. The Kier molecular flexibility index (Phi) is 3.21. The topological polar surface area (TPSA) is 52.3 Å². The standard InChI is InChI=1S/C12H16FNO2/c1-7-5-8(6-9(13)10(7)14)11(15)16-12(2,3)4/h5-6H,14H2,1-4H3. The molecule has 1 aromatic rings. The average Bonchev–Trinajstić information content (AvgIpc) is 2.10. The second-order valence-electron chi connectivity index (χ2n) is 4.69. The zero-order chi connectivity index (χ0) is 12.5. The predicted octanol–water partition coefficient (Wildman–Crippen LogP) is 2.67. The molecule has 0 aliphatic carbocycles. The molecule has 0 heterocycles. The molecule has 3 nitrogen and oxygen atoms in total. The smallest absolute Gasteiger partial charge is 0.338 e. The summed E-state index contributed by atoms with van der Waals surface area (Å²) >= 11 is 0. The molecule has 0 fully saturated rings. The highest BCUT2D eigenvalue weighted by Crippen LogP contribution is 2.20. The van der Waals surface area contributed by atoms with Gasteiger partial charge in [0.1, 0.15) is 11.4 Å². The van der Waals surface area contributed by atoms with E-state index in [-0.39, 0.29) is 11.3 Å². The number of rotatable bonds is 1. The van der Waals surface area contributed by atoms with Gasteiger partial charge in [-0.15, -0.1) is 0 Å². The molecule has 0 atom stereocenters. The first kappa shape index (κ1) is 12.5. The number of hydrogen-bond acceptors (Lipinski definition) is 3. The van der Waals surface area contributed by atoms with Crippen LogP contribution in [0.5, 0.6) is 0 Å². The maximum atomic E-state index is 13.3. The molecule has 0 saturated heterocycles. The van der Waals surface area contributed by atoms with E-state index in [0.29, 0.717) is 5.56 Å². The van der Waals surface area contributed by atoms with Gasteiger partial charge in [0.05, 0.1) is 11.3 Å². The Hall–Kier alpha value is -1.58. The monoisotopic (exact) mass is 225 g/mol. The van der Waals surface area contributed by atoms with E-state index in [1.807, 2.05) is 0 Å². The van der Waals surface area contributed by atoms with Gasteiger partial charge in [-0.3, -0.25) is 0 Å². The van der Waals surface area contributed by atoms with Crippen molar-refractivity contribution in [2.75, 3.05) is 5.73 Å². The summed E-state index contributed by atoms with van der Waals surface area (Å²) in [7, 11) is 0. The fourth-order valence-electron chi connectivity index (χ4n) is 1.21. The number of ether oxygens (including phenoxy) is 1. The van der Waals surface area contributed by atoms with Crippen molar-refractivity contribution in [1.29, 1.82) is 0 Å². The molecule has 16 heavy (non-hydrogen) atoms. The van der Waals surface area contributed by atoms with Gasteiger partial charge in [-0.1, -0.05) is 0 Å². The van der Waals surface area contributed by atoms with Crippen LogP contribution in [0.4, 0.5) is 10.1 Å². The summed E-state index contributed by atoms with van der Waals surface area (Å²) < 4.78 is 18.4. The molecule has 1 rings (SSSR count). The largest absolute Gasteiger partial charge is 0.456 e. The van der Waals surface area contributed by atoms with Gasteiger partial charge in [-0.05, 0) is 45.4 Å². The average molecular weight is 225 g/mol. The van der Waals surface area contributed by atoms with Gasteiger partial charge in [0.2, 0.25) is 0 Å². The van der Waals surface area contributed by atoms with Gasteiger partial charge in [0.15, 0.2) is 0 Å². The van der Waals surface area contributed by atoms with E-state index in [1.165, 1.54) is 6.07 Å². The molecule has 0 bridgehead atoms. The lowest BCUT2D eigenvalue weighted by Gasteiger charge is -2.19. The molecule has 0 radical (unpaired) electrons. The van der Waals surface area contributed by atoms with Gasteiger partial charge in [-0.2, -0.15) is 0 Å². The number of esters is 1. The number of anilines is 1. The van der Waals surface area contributed by atoms with E-state index in [0.717, 1.165) is 6.07 Å². The zero-order valence-corrected chi connectivity index (χ0v) is 9.93. The lowest BCUT2D eigenvalue weighted by atomic mass is 10.1. The number of carbonyl (C=O) groups excluding carboxylic acids is 1. The van der Waals surface area contributed by atoms with Crippen molar-refractivity contribution in [2.45, 2.75) is 33.3 Å². The molecule has 0 aliphatic rings. The number of benzene rings is 1. The quantitative estimate of drug-likeness (QED) is 0.590. The van der Waals surface area contributed by atoms with Gasteiger partial charge in [0.25, 0.3) is 0 Å². The molecule has 1 aromatic carbocycles. The maximum Gasteiger partial charge on any atom is 0.338 e.